The van der Waals surface area contributed by atoms with Gasteiger partial charge in [-0.3, -0.25) is 15.0 Å². The van der Waals surface area contributed by atoms with Crippen LogP contribution < -0.4 is 0 Å². The average molecular weight is 826 g/mol. The van der Waals surface area contributed by atoms with Gasteiger partial charge in [-0.1, -0.05) is 153 Å². The Hall–Kier alpha value is -4.24. The number of hydrogen-bond acceptors (Lipinski definition) is 3. The fraction of sp³-hybridized carbons (Fsp3) is 0.267. The second kappa shape index (κ2) is 17.4. The molecule has 252 valence electrons. The maximum absolute atomic E-state index is 4.34. The molecule has 0 aliphatic rings. The topological polar surface area (TPSA) is 38.7 Å². The minimum atomic E-state index is 0. The third-order valence-corrected chi connectivity index (χ3v) is 8.13. The first kappa shape index (κ1) is 39.2. The number of benzene rings is 3. The van der Waals surface area contributed by atoms with Crippen LogP contribution in [-0.2, 0) is 36.4 Å². The Morgan fingerprint density at radius 2 is 0.531 bits per heavy atom. The summed E-state index contributed by atoms with van der Waals surface area (Å²) in [6.07, 6.45) is 5.48. The van der Waals surface area contributed by atoms with E-state index in [0.29, 0.717) is 0 Å². The summed E-state index contributed by atoms with van der Waals surface area (Å²) >= 11 is 0. The van der Waals surface area contributed by atoms with Crippen LogP contribution in [0.1, 0.15) is 79.0 Å². The molecule has 6 aromatic rings. The van der Waals surface area contributed by atoms with E-state index >= 15 is 0 Å². The van der Waals surface area contributed by atoms with E-state index in [4.69, 9.17) is 0 Å². The van der Waals surface area contributed by atoms with Gasteiger partial charge >= 0.3 is 20.1 Å². The minimum Gasteiger partial charge on any atom is -0.256 e. The molecule has 0 atom stereocenters. The van der Waals surface area contributed by atoms with Crippen molar-refractivity contribution in [2.24, 2.45) is 0 Å². The Labute approximate surface area is 308 Å². The molecule has 3 aromatic heterocycles. The summed E-state index contributed by atoms with van der Waals surface area (Å²) < 4.78 is 0. The molecule has 3 nitrogen and oxygen atoms in total. The van der Waals surface area contributed by atoms with Gasteiger partial charge in [-0.25, -0.2) is 0 Å². The van der Waals surface area contributed by atoms with Crippen LogP contribution in [0, 0.1) is 0 Å². The number of pyridine rings is 3. The van der Waals surface area contributed by atoms with Crippen molar-refractivity contribution in [3.63, 3.8) is 0 Å². The monoisotopic (exact) mass is 826 g/mol. The predicted molar refractivity (Wildman–Crippen MR) is 205 cm³/mol. The van der Waals surface area contributed by atoms with E-state index in [-0.39, 0.29) is 36.4 Å². The van der Waals surface area contributed by atoms with Crippen molar-refractivity contribution in [3.8, 4) is 33.8 Å². The van der Waals surface area contributed by atoms with Gasteiger partial charge in [0.25, 0.3) is 0 Å². The molecule has 0 saturated carbocycles. The van der Waals surface area contributed by atoms with Crippen molar-refractivity contribution in [3.05, 3.63) is 163 Å². The predicted octanol–water partition coefficient (Wildman–Crippen LogP) is 12.1. The largest absolute Gasteiger partial charge is 3.00 e. The molecule has 0 aliphatic heterocycles. The second-order valence-corrected chi connectivity index (χ2v) is 15.1. The molecule has 0 amide bonds. The third kappa shape index (κ3) is 12.0. The number of aromatic nitrogens is 3. The normalized spacial score (nSPS) is 11.2. The molecule has 0 unspecified atom stereocenters. The Morgan fingerprint density at radius 1 is 0.306 bits per heavy atom. The van der Waals surface area contributed by atoms with Crippen molar-refractivity contribution in [1.29, 1.82) is 0 Å². The standard InChI is InChI=1S/3C15H17N.Ir/c3*1-15(2,3)13-9-7-12(8-10-13)14-6-4-5-11-16-14;/h3*4-11H,1-3H3;/q;;;+3. The van der Waals surface area contributed by atoms with Crippen molar-refractivity contribution < 1.29 is 20.1 Å². The van der Waals surface area contributed by atoms with Gasteiger partial charge in [0.15, 0.2) is 0 Å². The van der Waals surface area contributed by atoms with E-state index in [1.54, 1.807) is 0 Å². The summed E-state index contributed by atoms with van der Waals surface area (Å²) in [4.78, 5) is 13.0. The van der Waals surface area contributed by atoms with Gasteiger partial charge in [0.05, 0.1) is 17.1 Å². The van der Waals surface area contributed by atoms with E-state index in [1.807, 2.05) is 73.2 Å². The fourth-order valence-corrected chi connectivity index (χ4v) is 5.02. The van der Waals surface area contributed by atoms with Gasteiger partial charge in [-0.2, -0.15) is 0 Å². The van der Waals surface area contributed by atoms with E-state index in [1.165, 1.54) is 33.4 Å². The summed E-state index contributed by atoms with van der Waals surface area (Å²) in [6, 6.07) is 43.9. The van der Waals surface area contributed by atoms with Gasteiger partial charge in [-0.05, 0) is 69.3 Å². The Bertz CT molecular complexity index is 1580. The zero-order valence-electron chi connectivity index (χ0n) is 30.5. The van der Waals surface area contributed by atoms with Crippen LogP contribution in [0.15, 0.2) is 146 Å². The molecule has 0 aliphatic carbocycles. The quantitative estimate of drug-likeness (QED) is 0.178. The number of hydrogen-bond donors (Lipinski definition) is 0. The molecule has 0 radical (unpaired) electrons. The SMILES string of the molecule is CC(C)(C)c1ccc(-c2ccccn2)cc1.CC(C)(C)c1ccc(-c2ccccn2)cc1.CC(C)(C)c1ccc(-c2ccccn2)cc1.[Ir+3]. The second-order valence-electron chi connectivity index (χ2n) is 15.1. The first-order chi connectivity index (χ1) is 22.7. The summed E-state index contributed by atoms with van der Waals surface area (Å²) in [7, 11) is 0. The van der Waals surface area contributed by atoms with Crippen LogP contribution in [0.5, 0.6) is 0 Å². The smallest absolute Gasteiger partial charge is 0.256 e. The van der Waals surface area contributed by atoms with E-state index < -0.39 is 0 Å². The fourth-order valence-electron chi connectivity index (χ4n) is 5.02. The van der Waals surface area contributed by atoms with Crippen LogP contribution in [0.2, 0.25) is 0 Å². The van der Waals surface area contributed by atoms with Gasteiger partial charge in [-0.15, -0.1) is 0 Å². The molecule has 4 heteroatoms. The Kier molecular flexibility index (Phi) is 13.9. The molecule has 3 heterocycles. The van der Waals surface area contributed by atoms with E-state index in [2.05, 4.69) is 150 Å². The zero-order chi connectivity index (χ0) is 34.8. The molecule has 0 bridgehead atoms. The minimum absolute atomic E-state index is 0. The van der Waals surface area contributed by atoms with Crippen LogP contribution in [0.3, 0.4) is 0 Å². The van der Waals surface area contributed by atoms with Crippen molar-refractivity contribution >= 4 is 0 Å². The van der Waals surface area contributed by atoms with Gasteiger partial charge in [0.1, 0.15) is 0 Å². The Balaban J connectivity index is 0.000000197. The van der Waals surface area contributed by atoms with Crippen LogP contribution in [0.25, 0.3) is 33.8 Å². The molecule has 0 fully saturated rings. The molecular formula is C45H51IrN3+3. The van der Waals surface area contributed by atoms with E-state index in [0.717, 1.165) is 17.1 Å². The first-order valence-corrected chi connectivity index (χ1v) is 16.8. The molecule has 0 saturated heterocycles. The van der Waals surface area contributed by atoms with E-state index in [9.17, 15) is 0 Å². The molecule has 0 N–H and O–H groups in total. The summed E-state index contributed by atoms with van der Waals surface area (Å²) in [6.45, 7) is 20.0. The molecule has 0 spiro atoms. The van der Waals surface area contributed by atoms with Crippen molar-refractivity contribution in [1.82, 2.24) is 15.0 Å². The van der Waals surface area contributed by atoms with Crippen LogP contribution in [0.4, 0.5) is 0 Å². The Morgan fingerprint density at radius 3 is 0.694 bits per heavy atom. The van der Waals surface area contributed by atoms with Crippen LogP contribution >= 0.6 is 0 Å². The van der Waals surface area contributed by atoms with Crippen molar-refractivity contribution in [2.75, 3.05) is 0 Å². The summed E-state index contributed by atoms with van der Waals surface area (Å²) in [5.74, 6) is 0. The number of nitrogens with zero attached hydrogens (tertiary/aromatic N) is 3. The molecular weight excluding hydrogens is 775 g/mol. The molecule has 3 aromatic carbocycles. The zero-order valence-corrected chi connectivity index (χ0v) is 32.9. The van der Waals surface area contributed by atoms with Gasteiger partial charge in [0.2, 0.25) is 0 Å². The van der Waals surface area contributed by atoms with Gasteiger partial charge in [0, 0.05) is 35.3 Å². The van der Waals surface area contributed by atoms with Gasteiger partial charge < -0.3 is 0 Å². The summed E-state index contributed by atoms with van der Waals surface area (Å²) in [5, 5.41) is 0. The first-order valence-electron chi connectivity index (χ1n) is 16.8. The maximum atomic E-state index is 4.34. The summed E-state index contributed by atoms with van der Waals surface area (Å²) in [5.41, 5.74) is 11.3. The third-order valence-electron chi connectivity index (χ3n) is 8.13. The average Bonchev–Trinajstić information content (AvgIpc) is 3.09. The molecule has 49 heavy (non-hydrogen) atoms. The molecule has 6 rings (SSSR count). The van der Waals surface area contributed by atoms with Crippen LogP contribution in [-0.4, -0.2) is 15.0 Å². The number of rotatable bonds is 3. The maximum Gasteiger partial charge on any atom is 3.00 e. The van der Waals surface area contributed by atoms with Crippen molar-refractivity contribution in [2.45, 2.75) is 78.6 Å².